The molecule has 0 aromatic heterocycles. The Morgan fingerprint density at radius 3 is 2.41 bits per heavy atom. The summed E-state index contributed by atoms with van der Waals surface area (Å²) in [6.07, 6.45) is 6.40. The van der Waals surface area contributed by atoms with Crippen molar-refractivity contribution in [1.82, 2.24) is 9.62 Å². The van der Waals surface area contributed by atoms with E-state index in [9.17, 15) is 22.8 Å². The van der Waals surface area contributed by atoms with Crippen LogP contribution in [0, 0.1) is 17.7 Å². The maximum absolute atomic E-state index is 16.3. The lowest BCUT2D eigenvalue weighted by Gasteiger charge is -2.31. The largest absolute Gasteiger partial charge is 0.455 e. The van der Waals surface area contributed by atoms with Crippen molar-refractivity contribution < 1.29 is 41.4 Å². The van der Waals surface area contributed by atoms with E-state index in [1.807, 2.05) is 10.8 Å². The minimum absolute atomic E-state index is 0.0523. The molecule has 11 nitrogen and oxygen atoms in total. The molecular formula is C28H38FN3O8S. The lowest BCUT2D eigenvalue weighted by molar-refractivity contribution is -0.153. The van der Waals surface area contributed by atoms with Gasteiger partial charge in [0.15, 0.2) is 11.6 Å². The van der Waals surface area contributed by atoms with Crippen LogP contribution in [0.5, 0.6) is 5.75 Å². The van der Waals surface area contributed by atoms with Crippen LogP contribution in [0.15, 0.2) is 18.2 Å². The SMILES string of the molecule is CC(C)C(=O)OCOc1ccc(C2=C[C@@H](CCC3CCC3)N(C(=O)OC(C)(C)C)C2)c(F)c1N1CC(=O)NS1(=O)=O. The van der Waals surface area contributed by atoms with Gasteiger partial charge in [-0.1, -0.05) is 39.2 Å². The van der Waals surface area contributed by atoms with E-state index in [0.29, 0.717) is 22.2 Å². The number of anilines is 1. The first-order chi connectivity index (χ1) is 19.2. The highest BCUT2D eigenvalue weighted by Gasteiger charge is 2.40. The van der Waals surface area contributed by atoms with Crippen molar-refractivity contribution in [2.75, 3.05) is 24.2 Å². The quantitative estimate of drug-likeness (QED) is 0.333. The number of rotatable bonds is 9. The molecule has 1 aromatic carbocycles. The minimum atomic E-state index is -4.40. The average Bonchev–Trinajstić information content (AvgIpc) is 3.36. The van der Waals surface area contributed by atoms with Gasteiger partial charge in [0.25, 0.3) is 5.91 Å². The normalized spacial score (nSPS) is 20.5. The van der Waals surface area contributed by atoms with Crippen molar-refractivity contribution >= 4 is 39.4 Å². The fourth-order valence-corrected chi connectivity index (χ4v) is 6.07. The number of nitrogens with one attached hydrogen (secondary N) is 1. The Morgan fingerprint density at radius 1 is 1.15 bits per heavy atom. The van der Waals surface area contributed by atoms with Gasteiger partial charge in [-0.3, -0.25) is 14.5 Å². The molecule has 0 radical (unpaired) electrons. The summed E-state index contributed by atoms with van der Waals surface area (Å²) in [5.74, 6) is -2.40. The fraction of sp³-hybridized carbons (Fsp3) is 0.607. The number of carbonyl (C=O) groups excluding carboxylic acids is 3. The summed E-state index contributed by atoms with van der Waals surface area (Å²) >= 11 is 0. The van der Waals surface area contributed by atoms with Gasteiger partial charge in [-0.15, -0.1) is 0 Å². The molecular weight excluding hydrogens is 557 g/mol. The summed E-state index contributed by atoms with van der Waals surface area (Å²) in [5, 5.41) is 0. The second kappa shape index (κ2) is 11.9. The third kappa shape index (κ3) is 7.11. The zero-order valence-electron chi connectivity index (χ0n) is 24.1. The Hall–Kier alpha value is -3.35. The molecule has 226 valence electrons. The molecule has 1 saturated heterocycles. The highest BCUT2D eigenvalue weighted by atomic mass is 32.2. The van der Waals surface area contributed by atoms with Crippen LogP contribution >= 0.6 is 0 Å². The maximum Gasteiger partial charge on any atom is 0.411 e. The molecule has 4 rings (SSSR count). The Balaban J connectivity index is 1.68. The van der Waals surface area contributed by atoms with Crippen molar-refractivity contribution in [3.63, 3.8) is 0 Å². The summed E-state index contributed by atoms with van der Waals surface area (Å²) in [7, 11) is -4.40. The van der Waals surface area contributed by atoms with E-state index in [4.69, 9.17) is 14.2 Å². The summed E-state index contributed by atoms with van der Waals surface area (Å²) in [6, 6.07) is 2.45. The fourth-order valence-electron chi connectivity index (χ4n) is 4.91. The Kier molecular flexibility index (Phi) is 8.86. The Morgan fingerprint density at radius 2 is 1.85 bits per heavy atom. The molecule has 2 amide bonds. The summed E-state index contributed by atoms with van der Waals surface area (Å²) in [5.41, 5.74) is -0.690. The molecule has 2 aliphatic heterocycles. The van der Waals surface area contributed by atoms with Crippen molar-refractivity contribution in [2.24, 2.45) is 11.8 Å². The van der Waals surface area contributed by atoms with Crippen LogP contribution in [0.3, 0.4) is 0 Å². The molecule has 2 heterocycles. The van der Waals surface area contributed by atoms with Crippen molar-refractivity contribution in [1.29, 1.82) is 0 Å². The molecule has 41 heavy (non-hydrogen) atoms. The van der Waals surface area contributed by atoms with Gasteiger partial charge in [0.1, 0.15) is 17.8 Å². The zero-order chi connectivity index (χ0) is 30.1. The first-order valence-corrected chi connectivity index (χ1v) is 15.3. The predicted octanol–water partition coefficient (Wildman–Crippen LogP) is 4.13. The van der Waals surface area contributed by atoms with Gasteiger partial charge >= 0.3 is 22.3 Å². The molecule has 1 N–H and O–H groups in total. The van der Waals surface area contributed by atoms with Crippen LogP contribution < -0.4 is 13.8 Å². The second-order valence-corrected chi connectivity index (χ2v) is 13.5. The van der Waals surface area contributed by atoms with Crippen LogP contribution in [0.2, 0.25) is 0 Å². The third-order valence-electron chi connectivity index (χ3n) is 7.24. The molecule has 3 aliphatic rings. The zero-order valence-corrected chi connectivity index (χ0v) is 24.9. The van der Waals surface area contributed by atoms with Gasteiger partial charge < -0.3 is 14.2 Å². The van der Waals surface area contributed by atoms with E-state index in [1.54, 1.807) is 39.5 Å². The topological polar surface area (TPSA) is 132 Å². The molecule has 2 fully saturated rings. The number of halogens is 1. The number of hydrogen-bond acceptors (Lipinski definition) is 8. The van der Waals surface area contributed by atoms with Crippen LogP contribution in [-0.2, 0) is 29.3 Å². The molecule has 0 bridgehead atoms. The number of hydrogen-bond donors (Lipinski definition) is 1. The minimum Gasteiger partial charge on any atom is -0.455 e. The summed E-state index contributed by atoms with van der Waals surface area (Å²) in [4.78, 5) is 38.5. The average molecular weight is 596 g/mol. The van der Waals surface area contributed by atoms with Crippen LogP contribution in [0.4, 0.5) is 14.9 Å². The summed E-state index contributed by atoms with van der Waals surface area (Å²) in [6.45, 7) is 7.39. The number of carbonyl (C=O) groups is 3. The highest BCUT2D eigenvalue weighted by Crippen LogP contribution is 2.41. The number of ether oxygens (including phenoxy) is 3. The van der Waals surface area contributed by atoms with Crippen molar-refractivity contribution in [2.45, 2.75) is 78.4 Å². The van der Waals surface area contributed by atoms with Gasteiger partial charge in [0.05, 0.1) is 18.5 Å². The number of nitrogens with zero attached hydrogens (tertiary/aromatic N) is 2. The lowest BCUT2D eigenvalue weighted by Crippen LogP contribution is -2.40. The first-order valence-electron chi connectivity index (χ1n) is 13.8. The standard InChI is InChI=1S/C28H38FN3O8S/c1-17(2)26(34)39-16-38-22-12-11-21(24(29)25(22)32-15-23(33)30-41(32,36)37)19-13-20(10-9-18-7-6-8-18)31(14-19)27(35)40-28(3,4)5/h11-13,17-18,20H,6-10,14-16H2,1-5H3,(H,30,33)/t20-/m1/s1. The number of esters is 1. The molecule has 1 aromatic rings. The molecule has 0 spiro atoms. The summed E-state index contributed by atoms with van der Waals surface area (Å²) < 4.78 is 60.2. The maximum atomic E-state index is 16.3. The number of benzene rings is 1. The van der Waals surface area contributed by atoms with E-state index in [2.05, 4.69) is 0 Å². The third-order valence-corrected chi connectivity index (χ3v) is 8.62. The van der Waals surface area contributed by atoms with Gasteiger partial charge in [-0.2, -0.15) is 8.42 Å². The molecule has 1 aliphatic carbocycles. The van der Waals surface area contributed by atoms with Crippen LogP contribution in [0.1, 0.15) is 72.3 Å². The first kappa shape index (κ1) is 30.6. The van der Waals surface area contributed by atoms with Gasteiger partial charge in [0, 0.05) is 5.56 Å². The van der Waals surface area contributed by atoms with Gasteiger partial charge in [0.2, 0.25) is 6.79 Å². The molecule has 1 atom stereocenters. The van der Waals surface area contributed by atoms with Gasteiger partial charge in [-0.05, 0) is 57.2 Å². The van der Waals surface area contributed by atoms with Crippen LogP contribution in [0.25, 0.3) is 5.57 Å². The van der Waals surface area contributed by atoms with E-state index < -0.39 is 64.5 Å². The van der Waals surface area contributed by atoms with Crippen LogP contribution in [-0.4, -0.2) is 62.8 Å². The van der Waals surface area contributed by atoms with E-state index in [1.165, 1.54) is 18.6 Å². The van der Waals surface area contributed by atoms with Crippen molar-refractivity contribution in [3.05, 3.63) is 29.6 Å². The predicted molar refractivity (Wildman–Crippen MR) is 149 cm³/mol. The lowest BCUT2D eigenvalue weighted by atomic mass is 9.81. The highest BCUT2D eigenvalue weighted by molar-refractivity contribution is 7.92. The smallest absolute Gasteiger partial charge is 0.411 e. The Bertz CT molecular complexity index is 1330. The Labute approximate surface area is 240 Å². The van der Waals surface area contributed by atoms with Gasteiger partial charge in [-0.25, -0.2) is 18.2 Å². The molecule has 13 heteroatoms. The van der Waals surface area contributed by atoms with E-state index >= 15 is 4.39 Å². The van der Waals surface area contributed by atoms with E-state index in [0.717, 1.165) is 19.3 Å². The molecule has 0 unspecified atom stereocenters. The van der Waals surface area contributed by atoms with E-state index in [-0.39, 0.29) is 23.9 Å². The second-order valence-electron chi connectivity index (χ2n) is 11.9. The molecule has 1 saturated carbocycles. The van der Waals surface area contributed by atoms with Crippen molar-refractivity contribution in [3.8, 4) is 5.75 Å². The monoisotopic (exact) mass is 595 g/mol. The number of amides is 2.